The number of anilines is 1. The zero-order valence-electron chi connectivity index (χ0n) is 12.0. The smallest absolute Gasteiger partial charge is 0.344 e. The first-order valence-corrected chi connectivity index (χ1v) is 6.29. The molecule has 1 rings (SSSR count). The Labute approximate surface area is 118 Å². The topological polar surface area (TPSA) is 81.9 Å². The number of hydrogen-bond donors (Lipinski definition) is 1. The van der Waals surface area contributed by atoms with Crippen LogP contribution in [0.15, 0.2) is 24.3 Å². The van der Waals surface area contributed by atoms with Crippen LogP contribution in [0.25, 0.3) is 0 Å². The van der Waals surface area contributed by atoms with Crippen molar-refractivity contribution in [2.75, 3.05) is 26.0 Å². The lowest BCUT2D eigenvalue weighted by molar-refractivity contribution is -0.153. The molecule has 0 saturated heterocycles. The molecule has 0 spiro atoms. The Hall–Kier alpha value is -2.24. The highest BCUT2D eigenvalue weighted by atomic mass is 16.6. The van der Waals surface area contributed by atoms with E-state index >= 15 is 0 Å². The summed E-state index contributed by atoms with van der Waals surface area (Å²) in [6.07, 6.45) is 0. The summed E-state index contributed by atoms with van der Waals surface area (Å²) in [6, 6.07) is 6.71. The van der Waals surface area contributed by atoms with Crippen LogP contribution < -0.4 is 10.5 Å². The van der Waals surface area contributed by atoms with E-state index < -0.39 is 5.97 Å². The summed E-state index contributed by atoms with van der Waals surface area (Å²) >= 11 is 0. The van der Waals surface area contributed by atoms with Gasteiger partial charge in [-0.15, -0.1) is 0 Å². The highest BCUT2D eigenvalue weighted by Crippen LogP contribution is 2.12. The zero-order chi connectivity index (χ0) is 15.1. The monoisotopic (exact) mass is 280 g/mol. The van der Waals surface area contributed by atoms with Gasteiger partial charge in [-0.2, -0.15) is 0 Å². The minimum absolute atomic E-state index is 0.0622. The van der Waals surface area contributed by atoms with Gasteiger partial charge in [-0.1, -0.05) is 0 Å². The van der Waals surface area contributed by atoms with Gasteiger partial charge in [0.2, 0.25) is 0 Å². The molecule has 6 heteroatoms. The van der Waals surface area contributed by atoms with Gasteiger partial charge in [-0.25, -0.2) is 4.79 Å². The van der Waals surface area contributed by atoms with E-state index in [0.29, 0.717) is 11.4 Å². The summed E-state index contributed by atoms with van der Waals surface area (Å²) in [6.45, 7) is 3.23. The molecule has 0 radical (unpaired) electrons. The molecule has 0 aliphatic carbocycles. The Kier molecular flexibility index (Phi) is 5.83. The van der Waals surface area contributed by atoms with Crippen LogP contribution in [-0.2, 0) is 14.3 Å². The standard InChI is InChI=1S/C14H20N2O4/c1-10(2)16(3)13(17)8-20-14(18)9-19-12-6-4-11(15)5-7-12/h4-7,10H,8-9,15H2,1-3H3. The number of rotatable bonds is 6. The molecule has 1 aromatic rings. The Bertz CT molecular complexity index is 457. The number of likely N-dealkylation sites (N-methyl/N-ethyl adjacent to an activating group) is 1. The van der Waals surface area contributed by atoms with Gasteiger partial charge in [-0.05, 0) is 38.1 Å². The number of hydrogen-bond acceptors (Lipinski definition) is 5. The molecular formula is C14H20N2O4. The normalized spacial score (nSPS) is 10.2. The number of carbonyl (C=O) groups is 2. The third kappa shape index (κ3) is 5.17. The van der Waals surface area contributed by atoms with Crippen molar-refractivity contribution < 1.29 is 19.1 Å². The number of benzene rings is 1. The molecule has 0 bridgehead atoms. The second-order valence-electron chi connectivity index (χ2n) is 4.62. The van der Waals surface area contributed by atoms with E-state index in [9.17, 15) is 9.59 Å². The molecule has 1 aromatic carbocycles. The molecule has 2 N–H and O–H groups in total. The van der Waals surface area contributed by atoms with Crippen LogP contribution >= 0.6 is 0 Å². The van der Waals surface area contributed by atoms with Crippen molar-refractivity contribution in [2.45, 2.75) is 19.9 Å². The van der Waals surface area contributed by atoms with Gasteiger partial charge in [0.15, 0.2) is 13.2 Å². The fourth-order valence-corrected chi connectivity index (χ4v) is 1.28. The largest absolute Gasteiger partial charge is 0.482 e. The second kappa shape index (κ2) is 7.37. The molecule has 1 amide bonds. The van der Waals surface area contributed by atoms with Crippen LogP contribution in [0.3, 0.4) is 0 Å². The average molecular weight is 280 g/mol. The van der Waals surface area contributed by atoms with E-state index in [1.807, 2.05) is 13.8 Å². The van der Waals surface area contributed by atoms with Crippen molar-refractivity contribution in [3.63, 3.8) is 0 Å². The number of amides is 1. The van der Waals surface area contributed by atoms with E-state index in [1.54, 1.807) is 31.3 Å². The third-order valence-electron chi connectivity index (χ3n) is 2.76. The van der Waals surface area contributed by atoms with Gasteiger partial charge in [0, 0.05) is 18.8 Å². The minimum atomic E-state index is -0.590. The van der Waals surface area contributed by atoms with Gasteiger partial charge >= 0.3 is 5.97 Å². The summed E-state index contributed by atoms with van der Waals surface area (Å²) in [5.74, 6) is -0.324. The first-order valence-electron chi connectivity index (χ1n) is 6.29. The van der Waals surface area contributed by atoms with Gasteiger partial charge < -0.3 is 20.1 Å². The highest BCUT2D eigenvalue weighted by Gasteiger charge is 2.14. The molecule has 0 fully saturated rings. The Morgan fingerprint density at radius 3 is 2.35 bits per heavy atom. The molecule has 6 nitrogen and oxygen atoms in total. The lowest BCUT2D eigenvalue weighted by Crippen LogP contribution is -2.36. The molecule has 0 saturated carbocycles. The Balaban J connectivity index is 2.30. The zero-order valence-corrected chi connectivity index (χ0v) is 12.0. The average Bonchev–Trinajstić information content (AvgIpc) is 2.43. The predicted octanol–water partition coefficient (Wildman–Crippen LogP) is 1.06. The van der Waals surface area contributed by atoms with Crippen molar-refractivity contribution in [1.29, 1.82) is 0 Å². The molecule has 20 heavy (non-hydrogen) atoms. The van der Waals surface area contributed by atoms with Crippen LogP contribution in [0.1, 0.15) is 13.8 Å². The SMILES string of the molecule is CC(C)N(C)C(=O)COC(=O)COc1ccc(N)cc1. The fourth-order valence-electron chi connectivity index (χ4n) is 1.28. The predicted molar refractivity (Wildman–Crippen MR) is 75.2 cm³/mol. The Morgan fingerprint density at radius 1 is 1.20 bits per heavy atom. The van der Waals surface area contributed by atoms with E-state index in [2.05, 4.69) is 0 Å². The molecule has 110 valence electrons. The van der Waals surface area contributed by atoms with E-state index in [4.69, 9.17) is 15.2 Å². The number of ether oxygens (including phenoxy) is 2. The van der Waals surface area contributed by atoms with Crippen LogP contribution in [0.4, 0.5) is 5.69 Å². The molecule has 0 aliphatic heterocycles. The first-order chi connectivity index (χ1) is 9.40. The third-order valence-corrected chi connectivity index (χ3v) is 2.76. The summed E-state index contributed by atoms with van der Waals surface area (Å²) in [5.41, 5.74) is 6.14. The maximum Gasteiger partial charge on any atom is 0.344 e. The molecule has 0 heterocycles. The van der Waals surface area contributed by atoms with Crippen LogP contribution in [0.2, 0.25) is 0 Å². The summed E-state index contributed by atoms with van der Waals surface area (Å²) in [7, 11) is 1.66. The van der Waals surface area contributed by atoms with Gasteiger partial charge in [0.25, 0.3) is 5.91 Å². The van der Waals surface area contributed by atoms with Gasteiger partial charge in [0.05, 0.1) is 0 Å². The van der Waals surface area contributed by atoms with E-state index in [1.165, 1.54) is 4.90 Å². The number of nitrogens with zero attached hydrogens (tertiary/aromatic N) is 1. The van der Waals surface area contributed by atoms with Crippen LogP contribution in [0.5, 0.6) is 5.75 Å². The first kappa shape index (κ1) is 15.8. The van der Waals surface area contributed by atoms with Crippen molar-refractivity contribution in [3.05, 3.63) is 24.3 Å². The molecule has 0 aliphatic rings. The van der Waals surface area contributed by atoms with E-state index in [-0.39, 0.29) is 25.2 Å². The molecule has 0 atom stereocenters. The van der Waals surface area contributed by atoms with Gasteiger partial charge in [0.1, 0.15) is 5.75 Å². The fraction of sp³-hybridized carbons (Fsp3) is 0.429. The number of esters is 1. The maximum absolute atomic E-state index is 11.6. The quantitative estimate of drug-likeness (QED) is 0.622. The Morgan fingerprint density at radius 2 is 1.80 bits per heavy atom. The van der Waals surface area contributed by atoms with Crippen LogP contribution in [-0.4, -0.2) is 43.1 Å². The number of nitrogen functional groups attached to an aromatic ring is 1. The van der Waals surface area contributed by atoms with Crippen molar-refractivity contribution in [1.82, 2.24) is 4.90 Å². The van der Waals surface area contributed by atoms with E-state index in [0.717, 1.165) is 0 Å². The molecule has 0 unspecified atom stereocenters. The number of carbonyl (C=O) groups excluding carboxylic acids is 2. The van der Waals surface area contributed by atoms with Crippen molar-refractivity contribution in [2.24, 2.45) is 0 Å². The number of nitrogens with two attached hydrogens (primary N) is 1. The lowest BCUT2D eigenvalue weighted by Gasteiger charge is -2.21. The van der Waals surface area contributed by atoms with Gasteiger partial charge in [-0.3, -0.25) is 4.79 Å². The summed E-state index contributed by atoms with van der Waals surface area (Å²) < 4.78 is 10.0. The summed E-state index contributed by atoms with van der Waals surface area (Å²) in [4.78, 5) is 24.5. The minimum Gasteiger partial charge on any atom is -0.482 e. The van der Waals surface area contributed by atoms with Crippen molar-refractivity contribution in [3.8, 4) is 5.75 Å². The maximum atomic E-state index is 11.6. The summed E-state index contributed by atoms with van der Waals surface area (Å²) in [5, 5.41) is 0. The van der Waals surface area contributed by atoms with Crippen molar-refractivity contribution >= 4 is 17.6 Å². The second-order valence-corrected chi connectivity index (χ2v) is 4.62. The molecule has 0 aromatic heterocycles. The lowest BCUT2D eigenvalue weighted by atomic mass is 10.3. The highest BCUT2D eigenvalue weighted by molar-refractivity contribution is 5.81. The molecular weight excluding hydrogens is 260 g/mol. The van der Waals surface area contributed by atoms with Crippen LogP contribution in [0, 0.1) is 0 Å².